The molecule has 0 unspecified atom stereocenters. The summed E-state index contributed by atoms with van der Waals surface area (Å²) in [5.74, 6) is 1.55. The number of nitrogens with zero attached hydrogens (tertiary/aromatic N) is 2. The molecule has 1 aliphatic carbocycles. The second-order valence-corrected chi connectivity index (χ2v) is 6.41. The summed E-state index contributed by atoms with van der Waals surface area (Å²) in [5.41, 5.74) is 0.684. The van der Waals surface area contributed by atoms with Crippen molar-refractivity contribution in [2.75, 3.05) is 32.8 Å². The molecule has 1 saturated carbocycles. The van der Waals surface area contributed by atoms with Crippen LogP contribution in [0.5, 0.6) is 5.75 Å². The summed E-state index contributed by atoms with van der Waals surface area (Å²) in [6.07, 6.45) is 5.15. The lowest BCUT2D eigenvalue weighted by molar-refractivity contribution is 0.106. The normalized spacial score (nSPS) is 26.3. The van der Waals surface area contributed by atoms with Gasteiger partial charge in [-0.2, -0.15) is 5.26 Å². The molecule has 0 amide bonds. The van der Waals surface area contributed by atoms with Crippen molar-refractivity contribution >= 4 is 0 Å². The van der Waals surface area contributed by atoms with E-state index in [4.69, 9.17) is 10.00 Å². The van der Waals surface area contributed by atoms with E-state index in [9.17, 15) is 0 Å². The third kappa shape index (κ3) is 4.00. The summed E-state index contributed by atoms with van der Waals surface area (Å²) in [6.45, 7) is 5.50. The smallest absolute Gasteiger partial charge is 0.119 e. The fraction of sp³-hybridized carbons (Fsp3) is 0.611. The van der Waals surface area contributed by atoms with E-state index in [1.165, 1.54) is 38.8 Å². The quantitative estimate of drug-likeness (QED) is 0.927. The first-order valence-electron chi connectivity index (χ1n) is 8.43. The number of ether oxygens (including phenoxy) is 1. The molecule has 0 radical (unpaired) electrons. The number of hydrogen-bond acceptors (Lipinski definition) is 4. The number of nitriles is 1. The molecule has 0 bridgehead atoms. The van der Waals surface area contributed by atoms with Crippen molar-refractivity contribution in [2.45, 2.75) is 31.7 Å². The van der Waals surface area contributed by atoms with Gasteiger partial charge in [-0.1, -0.05) is 0 Å². The Morgan fingerprint density at radius 1 is 1.09 bits per heavy atom. The van der Waals surface area contributed by atoms with Crippen LogP contribution in [0.3, 0.4) is 0 Å². The van der Waals surface area contributed by atoms with Crippen LogP contribution in [0, 0.1) is 17.2 Å². The lowest BCUT2D eigenvalue weighted by Crippen LogP contribution is -2.49. The van der Waals surface area contributed by atoms with E-state index in [2.05, 4.69) is 16.3 Å². The summed E-state index contributed by atoms with van der Waals surface area (Å²) < 4.78 is 5.89. The molecular weight excluding hydrogens is 274 g/mol. The number of hydrogen-bond donors (Lipinski definition) is 1. The molecule has 2 aliphatic rings. The Balaban J connectivity index is 1.40. The van der Waals surface area contributed by atoms with Crippen molar-refractivity contribution in [3.05, 3.63) is 29.8 Å². The zero-order chi connectivity index (χ0) is 15.2. The molecule has 1 aliphatic heterocycles. The third-order valence-corrected chi connectivity index (χ3v) is 4.95. The lowest BCUT2D eigenvalue weighted by atomic mass is 9.85. The molecule has 4 nitrogen and oxygen atoms in total. The first-order chi connectivity index (χ1) is 10.8. The minimum Gasteiger partial charge on any atom is -0.493 e. The average molecular weight is 299 g/mol. The zero-order valence-electron chi connectivity index (χ0n) is 13.1. The Bertz CT molecular complexity index is 494. The maximum absolute atomic E-state index is 8.80. The number of nitrogens with one attached hydrogen (secondary N) is 1. The highest BCUT2D eigenvalue weighted by Crippen LogP contribution is 2.28. The largest absolute Gasteiger partial charge is 0.493 e. The molecule has 1 aromatic carbocycles. The molecule has 1 saturated heterocycles. The van der Waals surface area contributed by atoms with Crippen molar-refractivity contribution in [1.82, 2.24) is 10.2 Å². The standard InChI is InChI=1S/C18H25N3O/c19-13-15-3-7-18(8-4-15)22-14-16-1-5-17(6-2-16)21-11-9-20-10-12-21/h3-4,7-8,16-17,20H,1-2,5-6,9-12,14H2. The Labute approximate surface area is 133 Å². The molecule has 0 spiro atoms. The van der Waals surface area contributed by atoms with Gasteiger partial charge in [0.1, 0.15) is 5.75 Å². The highest BCUT2D eigenvalue weighted by atomic mass is 16.5. The van der Waals surface area contributed by atoms with E-state index in [1.54, 1.807) is 0 Å². The predicted molar refractivity (Wildman–Crippen MR) is 86.8 cm³/mol. The first kappa shape index (κ1) is 15.3. The average Bonchev–Trinajstić information content (AvgIpc) is 2.61. The van der Waals surface area contributed by atoms with Crippen molar-refractivity contribution in [3.63, 3.8) is 0 Å². The maximum Gasteiger partial charge on any atom is 0.119 e. The van der Waals surface area contributed by atoms with Gasteiger partial charge in [0.2, 0.25) is 0 Å². The molecule has 118 valence electrons. The van der Waals surface area contributed by atoms with Crippen LogP contribution in [-0.4, -0.2) is 43.7 Å². The molecule has 3 rings (SSSR count). The Morgan fingerprint density at radius 2 is 1.77 bits per heavy atom. The monoisotopic (exact) mass is 299 g/mol. The van der Waals surface area contributed by atoms with Gasteiger partial charge in [-0.05, 0) is 55.9 Å². The molecule has 1 aromatic rings. The SMILES string of the molecule is N#Cc1ccc(OCC2CCC(N3CCNCC3)CC2)cc1. The van der Waals surface area contributed by atoms with Crippen LogP contribution in [-0.2, 0) is 0 Å². The minimum atomic E-state index is 0.676. The molecule has 0 atom stereocenters. The maximum atomic E-state index is 8.80. The van der Waals surface area contributed by atoms with Crippen molar-refractivity contribution in [2.24, 2.45) is 5.92 Å². The van der Waals surface area contributed by atoms with Crippen LogP contribution in [0.15, 0.2) is 24.3 Å². The van der Waals surface area contributed by atoms with Gasteiger partial charge in [-0.3, -0.25) is 4.90 Å². The van der Waals surface area contributed by atoms with Gasteiger partial charge in [-0.25, -0.2) is 0 Å². The van der Waals surface area contributed by atoms with Crippen molar-refractivity contribution in [3.8, 4) is 11.8 Å². The van der Waals surface area contributed by atoms with Crippen molar-refractivity contribution in [1.29, 1.82) is 5.26 Å². The minimum absolute atomic E-state index is 0.676. The second kappa shape index (κ2) is 7.62. The number of rotatable bonds is 4. The van der Waals surface area contributed by atoms with Gasteiger partial charge in [-0.15, -0.1) is 0 Å². The Hall–Kier alpha value is -1.57. The topological polar surface area (TPSA) is 48.3 Å². The summed E-state index contributed by atoms with van der Waals surface area (Å²) in [7, 11) is 0. The van der Waals surface area contributed by atoms with Gasteiger partial charge >= 0.3 is 0 Å². The molecular formula is C18H25N3O. The van der Waals surface area contributed by atoms with Crippen LogP contribution in [0.1, 0.15) is 31.2 Å². The van der Waals surface area contributed by atoms with Crippen LogP contribution < -0.4 is 10.1 Å². The van der Waals surface area contributed by atoms with Crippen LogP contribution in [0.2, 0.25) is 0 Å². The summed E-state index contributed by atoms with van der Waals surface area (Å²) in [6, 6.07) is 10.3. The first-order valence-corrected chi connectivity index (χ1v) is 8.43. The van der Waals surface area contributed by atoms with Crippen LogP contribution in [0.25, 0.3) is 0 Å². The fourth-order valence-electron chi connectivity index (χ4n) is 3.56. The molecule has 1 N–H and O–H groups in total. The van der Waals surface area contributed by atoms with Gasteiger partial charge in [0.25, 0.3) is 0 Å². The predicted octanol–water partition coefficient (Wildman–Crippen LogP) is 2.40. The molecule has 1 heterocycles. The van der Waals surface area contributed by atoms with Gasteiger partial charge in [0.05, 0.1) is 18.2 Å². The van der Waals surface area contributed by atoms with E-state index in [0.29, 0.717) is 11.5 Å². The van der Waals surface area contributed by atoms with E-state index in [-0.39, 0.29) is 0 Å². The lowest BCUT2D eigenvalue weighted by Gasteiger charge is -2.39. The molecule has 22 heavy (non-hydrogen) atoms. The summed E-state index contributed by atoms with van der Waals surface area (Å²) in [4.78, 5) is 2.66. The van der Waals surface area contributed by atoms with E-state index >= 15 is 0 Å². The van der Waals surface area contributed by atoms with E-state index < -0.39 is 0 Å². The zero-order valence-corrected chi connectivity index (χ0v) is 13.1. The highest BCUT2D eigenvalue weighted by Gasteiger charge is 2.26. The van der Waals surface area contributed by atoms with Gasteiger partial charge in [0.15, 0.2) is 0 Å². The summed E-state index contributed by atoms with van der Waals surface area (Å²) >= 11 is 0. The fourth-order valence-corrected chi connectivity index (χ4v) is 3.56. The molecule has 2 fully saturated rings. The third-order valence-electron chi connectivity index (χ3n) is 4.95. The Kier molecular flexibility index (Phi) is 5.31. The highest BCUT2D eigenvalue weighted by molar-refractivity contribution is 5.34. The van der Waals surface area contributed by atoms with Crippen LogP contribution >= 0.6 is 0 Å². The van der Waals surface area contributed by atoms with Crippen LogP contribution in [0.4, 0.5) is 0 Å². The van der Waals surface area contributed by atoms with Gasteiger partial charge in [0, 0.05) is 32.2 Å². The van der Waals surface area contributed by atoms with E-state index in [1.807, 2.05) is 24.3 Å². The number of benzene rings is 1. The number of piperazine rings is 1. The van der Waals surface area contributed by atoms with Crippen molar-refractivity contribution < 1.29 is 4.74 Å². The van der Waals surface area contributed by atoms with Gasteiger partial charge < -0.3 is 10.1 Å². The Morgan fingerprint density at radius 3 is 2.41 bits per heavy atom. The van der Waals surface area contributed by atoms with E-state index in [0.717, 1.165) is 31.5 Å². The second-order valence-electron chi connectivity index (χ2n) is 6.41. The molecule has 0 aromatic heterocycles. The summed E-state index contributed by atoms with van der Waals surface area (Å²) in [5, 5.41) is 12.2. The molecule has 4 heteroatoms.